The van der Waals surface area contributed by atoms with E-state index in [2.05, 4.69) is 35.6 Å². The zero-order valence-electron chi connectivity index (χ0n) is 12.8. The van der Waals surface area contributed by atoms with Gasteiger partial charge in [-0.2, -0.15) is 0 Å². The quantitative estimate of drug-likeness (QED) is 0.875. The van der Waals surface area contributed by atoms with Gasteiger partial charge in [-0.3, -0.25) is 0 Å². The highest BCUT2D eigenvalue weighted by Gasteiger charge is 2.31. The Labute approximate surface area is 128 Å². The van der Waals surface area contributed by atoms with Crippen molar-refractivity contribution in [2.24, 2.45) is 5.73 Å². The second-order valence-electron chi connectivity index (χ2n) is 6.59. The number of hydrogen-bond donors (Lipinski definition) is 2. The lowest BCUT2D eigenvalue weighted by Crippen LogP contribution is -2.52. The van der Waals surface area contributed by atoms with Crippen molar-refractivity contribution in [2.75, 3.05) is 0 Å². The molecule has 2 saturated carbocycles. The molecule has 3 heteroatoms. The molecule has 0 heterocycles. The van der Waals surface area contributed by atoms with E-state index >= 15 is 0 Å². The predicted molar refractivity (Wildman–Crippen MR) is 86.0 cm³/mol. The van der Waals surface area contributed by atoms with Crippen LogP contribution in [0.2, 0.25) is 0 Å². The first-order valence-electron chi connectivity index (χ1n) is 8.50. The van der Waals surface area contributed by atoms with Crippen LogP contribution >= 0.6 is 0 Å². The summed E-state index contributed by atoms with van der Waals surface area (Å²) in [5.74, 6) is 0. The molecule has 0 saturated heterocycles. The van der Waals surface area contributed by atoms with Gasteiger partial charge < -0.3 is 15.8 Å². The molecule has 3 N–H and O–H groups in total. The summed E-state index contributed by atoms with van der Waals surface area (Å²) in [5, 5.41) is 3.80. The van der Waals surface area contributed by atoms with Crippen molar-refractivity contribution in [3.63, 3.8) is 0 Å². The Kier molecular flexibility index (Phi) is 5.28. The molecule has 3 nitrogen and oxygen atoms in total. The van der Waals surface area contributed by atoms with E-state index in [4.69, 9.17) is 10.5 Å². The molecule has 0 bridgehead atoms. The highest BCUT2D eigenvalue weighted by atomic mass is 16.5. The minimum Gasteiger partial charge on any atom is -0.372 e. The van der Waals surface area contributed by atoms with Crippen LogP contribution in [0.25, 0.3) is 0 Å². The van der Waals surface area contributed by atoms with Crippen LogP contribution in [-0.2, 0) is 11.3 Å². The average Bonchev–Trinajstić information content (AvgIpc) is 2.93. The molecule has 0 radical (unpaired) electrons. The third-order valence-electron chi connectivity index (χ3n) is 5.01. The first-order chi connectivity index (χ1) is 10.3. The Morgan fingerprint density at radius 1 is 0.952 bits per heavy atom. The van der Waals surface area contributed by atoms with E-state index in [1.165, 1.54) is 50.5 Å². The van der Waals surface area contributed by atoms with Crippen molar-refractivity contribution in [3.8, 4) is 0 Å². The van der Waals surface area contributed by atoms with E-state index in [-0.39, 0.29) is 0 Å². The fourth-order valence-corrected chi connectivity index (χ4v) is 3.74. The van der Waals surface area contributed by atoms with Gasteiger partial charge in [0.1, 0.15) is 0 Å². The van der Waals surface area contributed by atoms with Gasteiger partial charge in [0, 0.05) is 18.1 Å². The van der Waals surface area contributed by atoms with E-state index in [1.807, 2.05) is 0 Å². The van der Waals surface area contributed by atoms with Gasteiger partial charge in [0.05, 0.1) is 12.7 Å². The van der Waals surface area contributed by atoms with Crippen LogP contribution in [0.1, 0.15) is 50.5 Å². The number of nitrogens with two attached hydrogens (primary N) is 1. The van der Waals surface area contributed by atoms with Gasteiger partial charge in [-0.15, -0.1) is 0 Å². The van der Waals surface area contributed by atoms with Crippen LogP contribution in [0.5, 0.6) is 0 Å². The standard InChI is InChI=1S/C18H28N2O/c19-15-9-6-11-16(15)20-17-10-4-5-12-18(17)21-13-14-7-2-1-3-8-14/h1-3,7-8,15-18,20H,4-6,9-13,19H2/t15-,16+,17-,18-/m1/s1. The molecule has 0 amide bonds. The van der Waals surface area contributed by atoms with E-state index < -0.39 is 0 Å². The number of ether oxygens (including phenoxy) is 1. The van der Waals surface area contributed by atoms with Crippen molar-refractivity contribution in [2.45, 2.75) is 75.8 Å². The summed E-state index contributed by atoms with van der Waals surface area (Å²) >= 11 is 0. The fourth-order valence-electron chi connectivity index (χ4n) is 3.74. The average molecular weight is 288 g/mol. The van der Waals surface area contributed by atoms with Crippen molar-refractivity contribution < 1.29 is 4.74 Å². The maximum absolute atomic E-state index is 6.22. The zero-order chi connectivity index (χ0) is 14.5. The summed E-state index contributed by atoms with van der Waals surface area (Å²) in [6.45, 7) is 0.723. The molecule has 2 fully saturated rings. The maximum atomic E-state index is 6.22. The summed E-state index contributed by atoms with van der Waals surface area (Å²) in [7, 11) is 0. The van der Waals surface area contributed by atoms with Gasteiger partial charge in [-0.05, 0) is 31.2 Å². The number of hydrogen-bond acceptors (Lipinski definition) is 3. The third-order valence-corrected chi connectivity index (χ3v) is 5.01. The van der Waals surface area contributed by atoms with Gasteiger partial charge in [0.15, 0.2) is 0 Å². The van der Waals surface area contributed by atoms with Crippen LogP contribution < -0.4 is 11.1 Å². The van der Waals surface area contributed by atoms with Gasteiger partial charge in [-0.25, -0.2) is 0 Å². The summed E-state index contributed by atoms with van der Waals surface area (Å²) in [6.07, 6.45) is 8.99. The summed E-state index contributed by atoms with van der Waals surface area (Å²) in [6, 6.07) is 11.8. The number of rotatable bonds is 5. The summed E-state index contributed by atoms with van der Waals surface area (Å²) in [4.78, 5) is 0. The second-order valence-corrected chi connectivity index (χ2v) is 6.59. The monoisotopic (exact) mass is 288 g/mol. The summed E-state index contributed by atoms with van der Waals surface area (Å²) in [5.41, 5.74) is 7.47. The molecule has 1 aromatic carbocycles. The highest BCUT2D eigenvalue weighted by Crippen LogP contribution is 2.25. The molecule has 2 aliphatic carbocycles. The molecule has 4 atom stereocenters. The minimum atomic E-state index is 0.335. The molecule has 2 aliphatic rings. The molecule has 0 unspecified atom stereocenters. The smallest absolute Gasteiger partial charge is 0.0732 e. The van der Waals surface area contributed by atoms with Gasteiger partial charge in [-0.1, -0.05) is 49.6 Å². The third kappa shape index (κ3) is 4.06. The predicted octanol–water partition coefficient (Wildman–Crippen LogP) is 2.98. The first-order valence-corrected chi connectivity index (χ1v) is 8.50. The van der Waals surface area contributed by atoms with Crippen molar-refractivity contribution in [3.05, 3.63) is 35.9 Å². The molecule has 116 valence electrons. The van der Waals surface area contributed by atoms with Crippen LogP contribution in [0, 0.1) is 0 Å². The number of benzene rings is 1. The topological polar surface area (TPSA) is 47.3 Å². The zero-order valence-corrected chi connectivity index (χ0v) is 12.8. The lowest BCUT2D eigenvalue weighted by molar-refractivity contribution is -0.00861. The molecular formula is C18H28N2O. The maximum Gasteiger partial charge on any atom is 0.0732 e. The SMILES string of the molecule is N[C@@H]1CCC[C@@H]1N[C@@H]1CCCC[C@H]1OCc1ccccc1. The molecule has 0 aromatic heterocycles. The summed E-state index contributed by atoms with van der Waals surface area (Å²) < 4.78 is 6.22. The molecule has 21 heavy (non-hydrogen) atoms. The highest BCUT2D eigenvalue weighted by molar-refractivity contribution is 5.13. The second kappa shape index (κ2) is 7.39. The van der Waals surface area contributed by atoms with E-state index in [1.54, 1.807) is 0 Å². The Morgan fingerprint density at radius 3 is 2.48 bits per heavy atom. The lowest BCUT2D eigenvalue weighted by atomic mass is 9.91. The molecule has 0 spiro atoms. The molecule has 1 aromatic rings. The molecule has 0 aliphatic heterocycles. The largest absolute Gasteiger partial charge is 0.372 e. The van der Waals surface area contributed by atoms with Gasteiger partial charge in [0.25, 0.3) is 0 Å². The Balaban J connectivity index is 1.54. The molecular weight excluding hydrogens is 260 g/mol. The van der Waals surface area contributed by atoms with Crippen LogP contribution in [0.3, 0.4) is 0 Å². The molecule has 3 rings (SSSR count). The number of nitrogens with one attached hydrogen (secondary N) is 1. The minimum absolute atomic E-state index is 0.335. The Bertz CT molecular complexity index is 422. The van der Waals surface area contributed by atoms with Crippen LogP contribution in [-0.4, -0.2) is 24.2 Å². The normalized spacial score (nSPS) is 33.2. The van der Waals surface area contributed by atoms with Crippen molar-refractivity contribution >= 4 is 0 Å². The Hall–Kier alpha value is -0.900. The Morgan fingerprint density at radius 2 is 1.71 bits per heavy atom. The van der Waals surface area contributed by atoms with E-state index in [9.17, 15) is 0 Å². The fraction of sp³-hybridized carbons (Fsp3) is 0.667. The van der Waals surface area contributed by atoms with Crippen molar-refractivity contribution in [1.29, 1.82) is 0 Å². The van der Waals surface area contributed by atoms with Crippen molar-refractivity contribution in [1.82, 2.24) is 5.32 Å². The van der Waals surface area contributed by atoms with E-state index in [0.717, 1.165) is 6.61 Å². The van der Waals surface area contributed by atoms with Gasteiger partial charge in [0.2, 0.25) is 0 Å². The van der Waals surface area contributed by atoms with Gasteiger partial charge >= 0.3 is 0 Å². The lowest BCUT2D eigenvalue weighted by Gasteiger charge is -2.35. The van der Waals surface area contributed by atoms with Crippen LogP contribution in [0.4, 0.5) is 0 Å². The van der Waals surface area contributed by atoms with Crippen LogP contribution in [0.15, 0.2) is 30.3 Å². The first kappa shape index (κ1) is 15.0. The van der Waals surface area contributed by atoms with E-state index in [0.29, 0.717) is 24.2 Å².